The predicted molar refractivity (Wildman–Crippen MR) is 114 cm³/mol. The van der Waals surface area contributed by atoms with Gasteiger partial charge in [0.05, 0.1) is 5.75 Å². The molecule has 4 rings (SSSR count). The number of thioether (sulfide) groups is 1. The number of piperazine rings is 1. The summed E-state index contributed by atoms with van der Waals surface area (Å²) in [4.78, 5) is 27.6. The topological polar surface area (TPSA) is 52.6 Å². The molecular formula is C21H26FN5OS. The second-order valence-electron chi connectivity index (χ2n) is 7.40. The van der Waals surface area contributed by atoms with Crippen LogP contribution in [0.25, 0.3) is 0 Å². The van der Waals surface area contributed by atoms with Gasteiger partial charge in [-0.2, -0.15) is 0 Å². The molecule has 0 bridgehead atoms. The maximum absolute atomic E-state index is 13.1. The van der Waals surface area contributed by atoms with Crippen molar-refractivity contribution >= 4 is 29.2 Å². The average Bonchev–Trinajstić information content (AvgIpc) is 2.79. The Hall–Kier alpha value is -2.35. The van der Waals surface area contributed by atoms with Gasteiger partial charge in [-0.05, 0) is 43.5 Å². The molecule has 0 aliphatic carbocycles. The lowest BCUT2D eigenvalue weighted by Gasteiger charge is -2.36. The van der Waals surface area contributed by atoms with Crippen molar-refractivity contribution < 1.29 is 9.18 Å². The van der Waals surface area contributed by atoms with E-state index < -0.39 is 0 Å². The number of nitrogens with zero attached hydrogens (tertiary/aromatic N) is 5. The minimum absolute atomic E-state index is 0.197. The first-order valence-corrected chi connectivity index (χ1v) is 11.2. The van der Waals surface area contributed by atoms with Gasteiger partial charge in [-0.25, -0.2) is 14.4 Å². The van der Waals surface area contributed by atoms with E-state index in [1.807, 2.05) is 23.1 Å². The summed E-state index contributed by atoms with van der Waals surface area (Å²) in [6.45, 7) is 5.15. The highest BCUT2D eigenvalue weighted by atomic mass is 32.2. The Labute approximate surface area is 175 Å². The van der Waals surface area contributed by atoms with E-state index in [2.05, 4.69) is 19.8 Å². The molecule has 0 radical (unpaired) electrons. The Balaban J connectivity index is 1.30. The van der Waals surface area contributed by atoms with Crippen LogP contribution in [-0.2, 0) is 4.79 Å². The van der Waals surface area contributed by atoms with Gasteiger partial charge in [0, 0.05) is 51.0 Å². The summed E-state index contributed by atoms with van der Waals surface area (Å²) in [6, 6.07) is 8.62. The van der Waals surface area contributed by atoms with Crippen molar-refractivity contribution in [3.8, 4) is 0 Å². The van der Waals surface area contributed by atoms with Crippen LogP contribution in [0.3, 0.4) is 0 Å². The number of halogens is 1. The Morgan fingerprint density at radius 2 is 1.62 bits per heavy atom. The third-order valence-corrected chi connectivity index (χ3v) is 6.39. The van der Waals surface area contributed by atoms with Crippen LogP contribution in [0.15, 0.2) is 41.7 Å². The van der Waals surface area contributed by atoms with Crippen LogP contribution in [0.4, 0.5) is 15.9 Å². The van der Waals surface area contributed by atoms with E-state index in [0.29, 0.717) is 5.75 Å². The molecule has 0 saturated carbocycles. The number of benzene rings is 1. The Morgan fingerprint density at radius 3 is 2.34 bits per heavy atom. The molecule has 2 saturated heterocycles. The number of amides is 1. The van der Waals surface area contributed by atoms with Crippen LogP contribution in [0.1, 0.15) is 19.3 Å². The number of piperidine rings is 1. The molecule has 0 N–H and O–H groups in total. The molecule has 1 aromatic heterocycles. The first-order chi connectivity index (χ1) is 14.2. The highest BCUT2D eigenvalue weighted by Crippen LogP contribution is 2.23. The highest BCUT2D eigenvalue weighted by Gasteiger charge is 2.20. The van der Waals surface area contributed by atoms with Crippen molar-refractivity contribution in [1.82, 2.24) is 14.9 Å². The zero-order valence-electron chi connectivity index (χ0n) is 16.5. The molecule has 0 unspecified atom stereocenters. The minimum atomic E-state index is -0.211. The van der Waals surface area contributed by atoms with E-state index in [1.165, 1.54) is 30.3 Å². The summed E-state index contributed by atoms with van der Waals surface area (Å²) >= 11 is 1.48. The molecule has 2 aliphatic rings. The number of anilines is 2. The van der Waals surface area contributed by atoms with Crippen LogP contribution in [0.5, 0.6) is 0 Å². The summed E-state index contributed by atoms with van der Waals surface area (Å²) in [6.07, 6.45) is 5.02. The zero-order chi connectivity index (χ0) is 20.1. The highest BCUT2D eigenvalue weighted by molar-refractivity contribution is 7.99. The molecule has 1 amide bonds. The second-order valence-corrected chi connectivity index (χ2v) is 8.39. The van der Waals surface area contributed by atoms with Crippen molar-refractivity contribution in [3.63, 3.8) is 0 Å². The second kappa shape index (κ2) is 9.43. The SMILES string of the molecule is O=C(CSc1cc(N2CCN(c3ccc(F)cc3)CC2)ncn1)N1CCCCC1. The van der Waals surface area contributed by atoms with Crippen molar-refractivity contribution in [1.29, 1.82) is 0 Å². The van der Waals surface area contributed by atoms with Gasteiger partial charge in [-0.3, -0.25) is 4.79 Å². The van der Waals surface area contributed by atoms with Gasteiger partial charge in [0.15, 0.2) is 0 Å². The molecule has 2 fully saturated rings. The van der Waals surface area contributed by atoms with Crippen LogP contribution in [0, 0.1) is 5.82 Å². The lowest BCUT2D eigenvalue weighted by atomic mass is 10.1. The molecule has 1 aromatic carbocycles. The Bertz CT molecular complexity index is 820. The van der Waals surface area contributed by atoms with Crippen molar-refractivity contribution in [2.45, 2.75) is 24.3 Å². The summed E-state index contributed by atoms with van der Waals surface area (Å²) in [5.74, 6) is 1.31. The van der Waals surface area contributed by atoms with Gasteiger partial charge in [-0.15, -0.1) is 0 Å². The van der Waals surface area contributed by atoms with Gasteiger partial charge in [0.25, 0.3) is 0 Å². The standard InChI is InChI=1S/C21H26FN5OS/c22-17-4-6-18(7-5-17)25-10-12-26(13-11-25)19-14-20(24-16-23-19)29-15-21(28)27-8-2-1-3-9-27/h4-7,14,16H,1-3,8-13,15H2. The third-order valence-electron chi connectivity index (χ3n) is 5.48. The van der Waals surface area contributed by atoms with E-state index in [4.69, 9.17) is 0 Å². The predicted octanol–water partition coefficient (Wildman–Crippen LogP) is 3.05. The van der Waals surface area contributed by atoms with E-state index in [0.717, 1.165) is 68.6 Å². The fraction of sp³-hybridized carbons (Fsp3) is 0.476. The van der Waals surface area contributed by atoms with Crippen molar-refractivity contribution in [2.24, 2.45) is 0 Å². The van der Waals surface area contributed by atoms with Crippen LogP contribution in [0.2, 0.25) is 0 Å². The van der Waals surface area contributed by atoms with Crippen LogP contribution < -0.4 is 9.80 Å². The van der Waals surface area contributed by atoms with Gasteiger partial charge >= 0.3 is 0 Å². The molecule has 3 heterocycles. The van der Waals surface area contributed by atoms with Gasteiger partial charge in [0.2, 0.25) is 5.91 Å². The van der Waals surface area contributed by atoms with Crippen LogP contribution >= 0.6 is 11.8 Å². The molecule has 8 heteroatoms. The maximum Gasteiger partial charge on any atom is 0.232 e. The number of carbonyl (C=O) groups is 1. The quantitative estimate of drug-likeness (QED) is 0.553. The van der Waals surface area contributed by atoms with Crippen molar-refractivity contribution in [3.05, 3.63) is 42.5 Å². The lowest BCUT2D eigenvalue weighted by molar-refractivity contribution is -0.129. The number of hydrogen-bond acceptors (Lipinski definition) is 6. The Kier molecular flexibility index (Phi) is 6.49. The smallest absolute Gasteiger partial charge is 0.232 e. The number of likely N-dealkylation sites (tertiary alicyclic amines) is 1. The number of carbonyl (C=O) groups excluding carboxylic acids is 1. The fourth-order valence-corrected chi connectivity index (χ4v) is 4.56. The van der Waals surface area contributed by atoms with Crippen LogP contribution in [-0.4, -0.2) is 65.8 Å². The molecule has 2 aliphatic heterocycles. The number of aromatic nitrogens is 2. The molecular weight excluding hydrogens is 389 g/mol. The molecule has 0 atom stereocenters. The van der Waals surface area contributed by atoms with Crippen molar-refractivity contribution in [2.75, 3.05) is 54.8 Å². The first-order valence-electron chi connectivity index (χ1n) is 10.2. The monoisotopic (exact) mass is 415 g/mol. The van der Waals surface area contributed by atoms with Gasteiger partial charge in [0.1, 0.15) is 23.0 Å². The molecule has 2 aromatic rings. The number of hydrogen-bond donors (Lipinski definition) is 0. The zero-order valence-corrected chi connectivity index (χ0v) is 17.3. The van der Waals surface area contributed by atoms with Gasteiger partial charge < -0.3 is 14.7 Å². The largest absolute Gasteiger partial charge is 0.368 e. The van der Waals surface area contributed by atoms with E-state index in [9.17, 15) is 9.18 Å². The molecule has 0 spiro atoms. The number of rotatable bonds is 5. The summed E-state index contributed by atoms with van der Waals surface area (Å²) < 4.78 is 13.1. The Morgan fingerprint density at radius 1 is 0.931 bits per heavy atom. The molecule has 29 heavy (non-hydrogen) atoms. The van der Waals surface area contributed by atoms with Gasteiger partial charge in [-0.1, -0.05) is 11.8 Å². The third kappa shape index (κ3) is 5.18. The fourth-order valence-electron chi connectivity index (χ4n) is 3.80. The summed E-state index contributed by atoms with van der Waals surface area (Å²) in [5, 5.41) is 0.835. The average molecular weight is 416 g/mol. The lowest BCUT2D eigenvalue weighted by Crippen LogP contribution is -2.46. The van der Waals surface area contributed by atoms with E-state index in [1.54, 1.807) is 6.33 Å². The maximum atomic E-state index is 13.1. The first kappa shape index (κ1) is 19.9. The summed E-state index contributed by atoms with van der Waals surface area (Å²) in [5.41, 5.74) is 1.04. The minimum Gasteiger partial charge on any atom is -0.368 e. The summed E-state index contributed by atoms with van der Waals surface area (Å²) in [7, 11) is 0. The van der Waals surface area contributed by atoms with E-state index >= 15 is 0 Å². The van der Waals surface area contributed by atoms with E-state index in [-0.39, 0.29) is 11.7 Å². The molecule has 154 valence electrons. The molecule has 6 nitrogen and oxygen atoms in total. The normalized spacial score (nSPS) is 17.5.